The lowest BCUT2D eigenvalue weighted by Crippen LogP contribution is -2.31. The highest BCUT2D eigenvalue weighted by molar-refractivity contribution is 7.97. The van der Waals surface area contributed by atoms with Crippen molar-refractivity contribution < 1.29 is 4.79 Å². The predicted molar refractivity (Wildman–Crippen MR) is 104 cm³/mol. The summed E-state index contributed by atoms with van der Waals surface area (Å²) in [5, 5.41) is 3.00. The first-order valence-corrected chi connectivity index (χ1v) is 9.56. The number of amides is 1. The standard InChI is InChI=1S/C20H19N3O2S/c1-26-13-17-21-16(12-18(24)22-17)20(25)23-19(14-8-4-2-5-9-14)15-10-6-3-7-11-15/h2-12,19H,13H2,1H3,(H,23,25)(H,21,22,24). The molecule has 3 aromatic rings. The summed E-state index contributed by atoms with van der Waals surface area (Å²) in [5.74, 6) is 0.652. The van der Waals surface area contributed by atoms with Crippen molar-refractivity contribution in [2.45, 2.75) is 11.8 Å². The molecule has 0 aliphatic carbocycles. The van der Waals surface area contributed by atoms with Crippen molar-refractivity contribution in [3.05, 3.63) is 99.7 Å². The molecule has 0 fully saturated rings. The second kappa shape index (κ2) is 8.49. The number of thioether (sulfide) groups is 1. The van der Waals surface area contributed by atoms with Gasteiger partial charge in [0, 0.05) is 6.07 Å². The van der Waals surface area contributed by atoms with Gasteiger partial charge in [0.2, 0.25) is 0 Å². The van der Waals surface area contributed by atoms with Gasteiger partial charge in [0.05, 0.1) is 11.8 Å². The van der Waals surface area contributed by atoms with Gasteiger partial charge in [-0.3, -0.25) is 9.59 Å². The van der Waals surface area contributed by atoms with Gasteiger partial charge < -0.3 is 10.3 Å². The SMILES string of the molecule is CSCc1nc(C(=O)NC(c2ccccc2)c2ccccc2)cc(=O)[nH]1. The van der Waals surface area contributed by atoms with Gasteiger partial charge in [-0.1, -0.05) is 60.7 Å². The zero-order valence-electron chi connectivity index (χ0n) is 14.3. The molecule has 0 atom stereocenters. The molecule has 1 amide bonds. The smallest absolute Gasteiger partial charge is 0.270 e. The van der Waals surface area contributed by atoms with E-state index in [4.69, 9.17) is 0 Å². The van der Waals surface area contributed by atoms with E-state index in [0.29, 0.717) is 11.6 Å². The average Bonchev–Trinajstić information content (AvgIpc) is 2.67. The molecule has 0 saturated carbocycles. The number of H-pyrrole nitrogens is 1. The maximum atomic E-state index is 12.8. The lowest BCUT2D eigenvalue weighted by atomic mass is 9.98. The van der Waals surface area contributed by atoms with Crippen molar-refractivity contribution in [3.63, 3.8) is 0 Å². The zero-order chi connectivity index (χ0) is 18.4. The fourth-order valence-electron chi connectivity index (χ4n) is 2.68. The Morgan fingerprint density at radius 2 is 1.65 bits per heavy atom. The minimum absolute atomic E-state index is 0.120. The van der Waals surface area contributed by atoms with E-state index in [9.17, 15) is 9.59 Å². The number of nitrogens with one attached hydrogen (secondary N) is 2. The fraction of sp³-hybridized carbons (Fsp3) is 0.150. The Labute approximate surface area is 155 Å². The quantitative estimate of drug-likeness (QED) is 0.704. The van der Waals surface area contributed by atoms with Crippen LogP contribution < -0.4 is 10.9 Å². The molecule has 0 saturated heterocycles. The van der Waals surface area contributed by atoms with Crippen LogP contribution >= 0.6 is 11.8 Å². The Balaban J connectivity index is 1.92. The number of aromatic amines is 1. The molecule has 132 valence electrons. The summed E-state index contributed by atoms with van der Waals surface area (Å²) in [5.41, 5.74) is 1.71. The molecule has 2 N–H and O–H groups in total. The molecule has 6 heteroatoms. The van der Waals surface area contributed by atoms with E-state index in [0.717, 1.165) is 11.1 Å². The van der Waals surface area contributed by atoms with Crippen LogP contribution in [0.15, 0.2) is 71.5 Å². The van der Waals surface area contributed by atoms with Crippen molar-refractivity contribution in [1.29, 1.82) is 0 Å². The lowest BCUT2D eigenvalue weighted by Gasteiger charge is -2.19. The zero-order valence-corrected chi connectivity index (χ0v) is 15.1. The summed E-state index contributed by atoms with van der Waals surface area (Å²) < 4.78 is 0. The maximum absolute atomic E-state index is 12.8. The number of rotatable bonds is 6. The van der Waals surface area contributed by atoms with Crippen LogP contribution in [-0.4, -0.2) is 22.1 Å². The van der Waals surface area contributed by atoms with Crippen LogP contribution in [0.1, 0.15) is 33.5 Å². The summed E-state index contributed by atoms with van der Waals surface area (Å²) in [6.45, 7) is 0. The third-order valence-electron chi connectivity index (χ3n) is 3.85. The number of benzene rings is 2. The normalized spacial score (nSPS) is 10.7. The van der Waals surface area contributed by atoms with Crippen LogP contribution in [0.25, 0.3) is 0 Å². The molecule has 0 radical (unpaired) electrons. The Bertz CT molecular complexity index is 887. The number of aromatic nitrogens is 2. The van der Waals surface area contributed by atoms with Gasteiger partial charge in [-0.15, -0.1) is 0 Å². The largest absolute Gasteiger partial charge is 0.340 e. The van der Waals surface area contributed by atoms with Crippen LogP contribution in [-0.2, 0) is 5.75 Å². The third kappa shape index (κ3) is 4.40. The van der Waals surface area contributed by atoms with Gasteiger partial charge in [-0.25, -0.2) is 4.98 Å². The number of nitrogens with zero attached hydrogens (tertiary/aromatic N) is 1. The van der Waals surface area contributed by atoms with Gasteiger partial charge in [0.1, 0.15) is 11.5 Å². The van der Waals surface area contributed by atoms with Crippen molar-refractivity contribution >= 4 is 17.7 Å². The van der Waals surface area contributed by atoms with E-state index in [1.54, 1.807) is 0 Å². The highest BCUT2D eigenvalue weighted by Gasteiger charge is 2.19. The highest BCUT2D eigenvalue weighted by atomic mass is 32.2. The summed E-state index contributed by atoms with van der Waals surface area (Å²) in [6.07, 6.45) is 1.91. The van der Waals surface area contributed by atoms with E-state index < -0.39 is 0 Å². The van der Waals surface area contributed by atoms with Gasteiger partial charge in [-0.2, -0.15) is 11.8 Å². The first kappa shape index (κ1) is 17.9. The van der Waals surface area contributed by atoms with E-state index in [1.165, 1.54) is 17.8 Å². The van der Waals surface area contributed by atoms with Crippen molar-refractivity contribution in [1.82, 2.24) is 15.3 Å². The molecule has 1 heterocycles. The molecule has 2 aromatic carbocycles. The molecule has 3 rings (SSSR count). The minimum Gasteiger partial charge on any atom is -0.340 e. The summed E-state index contributed by atoms with van der Waals surface area (Å²) in [7, 11) is 0. The fourth-order valence-corrected chi connectivity index (χ4v) is 3.09. The summed E-state index contributed by atoms with van der Waals surface area (Å²) in [4.78, 5) is 31.5. The second-order valence-corrected chi connectivity index (χ2v) is 6.60. The van der Waals surface area contributed by atoms with Crippen LogP contribution in [0.3, 0.4) is 0 Å². The second-order valence-electron chi connectivity index (χ2n) is 5.74. The monoisotopic (exact) mass is 365 g/mol. The number of hydrogen-bond donors (Lipinski definition) is 2. The minimum atomic E-state index is -0.379. The van der Waals surface area contributed by atoms with E-state index >= 15 is 0 Å². The Kier molecular flexibility index (Phi) is 5.86. The molecule has 5 nitrogen and oxygen atoms in total. The van der Waals surface area contributed by atoms with E-state index in [2.05, 4.69) is 15.3 Å². The van der Waals surface area contributed by atoms with Gasteiger partial charge in [-0.05, 0) is 17.4 Å². The number of carbonyl (C=O) groups is 1. The molecular formula is C20H19N3O2S. The van der Waals surface area contributed by atoms with Crippen LogP contribution in [0.2, 0.25) is 0 Å². The lowest BCUT2D eigenvalue weighted by molar-refractivity contribution is 0.0937. The van der Waals surface area contributed by atoms with Crippen molar-refractivity contribution in [2.75, 3.05) is 6.26 Å². The number of carbonyl (C=O) groups excluding carboxylic acids is 1. The Hall–Kier alpha value is -2.86. The topological polar surface area (TPSA) is 74.8 Å². The van der Waals surface area contributed by atoms with Gasteiger partial charge in [0.15, 0.2) is 0 Å². The highest BCUT2D eigenvalue weighted by Crippen LogP contribution is 2.22. The Morgan fingerprint density at radius 3 is 2.19 bits per heavy atom. The molecule has 0 unspecified atom stereocenters. The van der Waals surface area contributed by atoms with Crippen LogP contribution in [0.4, 0.5) is 0 Å². The Morgan fingerprint density at radius 1 is 1.08 bits per heavy atom. The van der Waals surface area contributed by atoms with E-state index in [1.807, 2.05) is 66.9 Å². The maximum Gasteiger partial charge on any atom is 0.270 e. The van der Waals surface area contributed by atoms with E-state index in [-0.39, 0.29) is 23.2 Å². The summed E-state index contributed by atoms with van der Waals surface area (Å²) in [6, 6.07) is 20.3. The average molecular weight is 365 g/mol. The third-order valence-corrected chi connectivity index (χ3v) is 4.41. The summed E-state index contributed by atoms with van der Waals surface area (Å²) >= 11 is 1.53. The molecule has 0 aliphatic rings. The van der Waals surface area contributed by atoms with Gasteiger partial charge in [0.25, 0.3) is 11.5 Å². The first-order chi connectivity index (χ1) is 12.7. The van der Waals surface area contributed by atoms with Gasteiger partial charge >= 0.3 is 0 Å². The molecule has 0 aliphatic heterocycles. The van der Waals surface area contributed by atoms with Crippen LogP contribution in [0.5, 0.6) is 0 Å². The van der Waals surface area contributed by atoms with Crippen LogP contribution in [0, 0.1) is 0 Å². The first-order valence-electron chi connectivity index (χ1n) is 8.17. The molecule has 0 bridgehead atoms. The number of hydrogen-bond acceptors (Lipinski definition) is 4. The van der Waals surface area contributed by atoms with Crippen molar-refractivity contribution in [2.24, 2.45) is 0 Å². The molecule has 26 heavy (non-hydrogen) atoms. The predicted octanol–water partition coefficient (Wildman–Crippen LogP) is 3.15. The molecule has 1 aromatic heterocycles. The van der Waals surface area contributed by atoms with Crippen molar-refractivity contribution in [3.8, 4) is 0 Å². The molecular weight excluding hydrogens is 346 g/mol. The molecule has 0 spiro atoms.